The summed E-state index contributed by atoms with van der Waals surface area (Å²) >= 11 is 5.85. The Hall–Kier alpha value is -2.13. The minimum Gasteiger partial charge on any atom is -0.370 e. The Bertz CT molecular complexity index is 771. The number of fused-ring (bicyclic) bond motifs is 1. The third-order valence-corrected chi connectivity index (χ3v) is 3.80. The molecule has 0 saturated carbocycles. The van der Waals surface area contributed by atoms with Crippen LogP contribution in [0.2, 0.25) is 5.15 Å². The number of hydrogen-bond donors (Lipinski definition) is 1. The Balaban J connectivity index is 1.77. The van der Waals surface area contributed by atoms with Crippen molar-refractivity contribution in [1.29, 1.82) is 0 Å². The van der Waals surface area contributed by atoms with Crippen molar-refractivity contribution in [2.45, 2.75) is 13.3 Å². The first-order valence-electron chi connectivity index (χ1n) is 6.93. The fourth-order valence-corrected chi connectivity index (χ4v) is 2.67. The lowest BCUT2D eigenvalue weighted by molar-refractivity contribution is 0.997. The average molecular weight is 298 g/mol. The van der Waals surface area contributed by atoms with Gasteiger partial charge in [-0.15, -0.1) is 0 Å². The van der Waals surface area contributed by atoms with Crippen LogP contribution in [0.1, 0.15) is 11.1 Å². The predicted octanol–water partition coefficient (Wildman–Crippen LogP) is 4.25. The fraction of sp³-hybridized carbons (Fsp3) is 0.176. The van der Waals surface area contributed by atoms with Gasteiger partial charge in [-0.05, 0) is 35.2 Å². The summed E-state index contributed by atoms with van der Waals surface area (Å²) in [4.78, 5) is 8.02. The van der Waals surface area contributed by atoms with Crippen LogP contribution in [-0.2, 0) is 6.42 Å². The highest BCUT2D eigenvalue weighted by atomic mass is 35.5. The zero-order chi connectivity index (χ0) is 14.7. The second kappa shape index (κ2) is 6.10. The molecule has 0 fully saturated rings. The molecule has 0 bridgehead atoms. The molecule has 0 radical (unpaired) electrons. The number of hydrogen-bond acceptors (Lipinski definition) is 3. The normalized spacial score (nSPS) is 10.8. The number of aryl methyl sites for hydroxylation is 1. The van der Waals surface area contributed by atoms with Crippen molar-refractivity contribution in [1.82, 2.24) is 9.97 Å². The number of benzene rings is 2. The maximum Gasteiger partial charge on any atom is 0.134 e. The van der Waals surface area contributed by atoms with Crippen molar-refractivity contribution < 1.29 is 0 Å². The summed E-state index contributed by atoms with van der Waals surface area (Å²) in [5.74, 6) is 0.757. The van der Waals surface area contributed by atoms with Gasteiger partial charge in [0.25, 0.3) is 0 Å². The van der Waals surface area contributed by atoms with Crippen LogP contribution >= 0.6 is 11.6 Å². The van der Waals surface area contributed by atoms with Crippen LogP contribution in [0.4, 0.5) is 5.82 Å². The summed E-state index contributed by atoms with van der Waals surface area (Å²) in [6.45, 7) is 2.96. The SMILES string of the molecule is Cc1ccc2ccccc2c1CCNc1cc(Cl)ncn1. The standard InChI is InChI=1S/C17H16ClN3/c1-12-6-7-13-4-2-3-5-15(13)14(12)8-9-19-17-10-16(18)20-11-21-17/h2-7,10-11H,8-9H2,1H3,(H,19,20,21). The fourth-order valence-electron chi connectivity index (χ4n) is 2.52. The van der Waals surface area contributed by atoms with E-state index in [1.54, 1.807) is 6.07 Å². The number of aromatic nitrogens is 2. The van der Waals surface area contributed by atoms with E-state index < -0.39 is 0 Å². The molecule has 1 heterocycles. The van der Waals surface area contributed by atoms with Crippen molar-refractivity contribution in [3.05, 3.63) is 65.1 Å². The Labute approximate surface area is 129 Å². The molecule has 0 aliphatic rings. The number of rotatable bonds is 4. The molecule has 0 aliphatic carbocycles. The van der Waals surface area contributed by atoms with Crippen LogP contribution in [0, 0.1) is 6.92 Å². The van der Waals surface area contributed by atoms with Crippen molar-refractivity contribution >= 4 is 28.2 Å². The molecule has 0 atom stereocenters. The van der Waals surface area contributed by atoms with E-state index in [1.807, 2.05) is 0 Å². The smallest absolute Gasteiger partial charge is 0.134 e. The van der Waals surface area contributed by atoms with E-state index in [4.69, 9.17) is 11.6 Å². The van der Waals surface area contributed by atoms with E-state index in [-0.39, 0.29) is 0 Å². The monoisotopic (exact) mass is 297 g/mol. The van der Waals surface area contributed by atoms with Gasteiger partial charge in [0.05, 0.1) is 0 Å². The minimum atomic E-state index is 0.453. The van der Waals surface area contributed by atoms with Crippen LogP contribution in [-0.4, -0.2) is 16.5 Å². The number of nitrogens with one attached hydrogen (secondary N) is 1. The molecular weight excluding hydrogens is 282 g/mol. The van der Waals surface area contributed by atoms with Gasteiger partial charge >= 0.3 is 0 Å². The van der Waals surface area contributed by atoms with Gasteiger partial charge in [-0.3, -0.25) is 0 Å². The first kappa shape index (κ1) is 13.8. The summed E-state index contributed by atoms with van der Waals surface area (Å²) in [5.41, 5.74) is 2.69. The van der Waals surface area contributed by atoms with Crippen LogP contribution in [0.3, 0.4) is 0 Å². The number of nitrogens with zero attached hydrogens (tertiary/aromatic N) is 2. The molecule has 1 aromatic heterocycles. The van der Waals surface area contributed by atoms with Crippen LogP contribution in [0.15, 0.2) is 48.8 Å². The molecule has 106 valence electrons. The third kappa shape index (κ3) is 3.14. The quantitative estimate of drug-likeness (QED) is 0.732. The van der Waals surface area contributed by atoms with Gasteiger partial charge in [-0.25, -0.2) is 9.97 Å². The van der Waals surface area contributed by atoms with Gasteiger partial charge < -0.3 is 5.32 Å². The lowest BCUT2D eigenvalue weighted by Crippen LogP contribution is -2.07. The first-order chi connectivity index (χ1) is 10.2. The largest absolute Gasteiger partial charge is 0.370 e. The maximum atomic E-state index is 5.85. The number of anilines is 1. The van der Waals surface area contributed by atoms with E-state index in [0.29, 0.717) is 5.15 Å². The summed E-state index contributed by atoms with van der Waals surface area (Å²) in [6, 6.07) is 14.6. The van der Waals surface area contributed by atoms with E-state index >= 15 is 0 Å². The van der Waals surface area contributed by atoms with Gasteiger partial charge in [0.1, 0.15) is 17.3 Å². The van der Waals surface area contributed by atoms with Crippen molar-refractivity contribution in [3.63, 3.8) is 0 Å². The van der Waals surface area contributed by atoms with Crippen LogP contribution < -0.4 is 5.32 Å². The molecular formula is C17H16ClN3. The van der Waals surface area contributed by atoms with Crippen molar-refractivity contribution in [2.24, 2.45) is 0 Å². The second-order valence-corrected chi connectivity index (χ2v) is 5.37. The van der Waals surface area contributed by atoms with Crippen molar-refractivity contribution in [2.75, 3.05) is 11.9 Å². The highest BCUT2D eigenvalue weighted by Crippen LogP contribution is 2.22. The molecule has 21 heavy (non-hydrogen) atoms. The van der Waals surface area contributed by atoms with E-state index in [9.17, 15) is 0 Å². The first-order valence-corrected chi connectivity index (χ1v) is 7.30. The molecule has 3 aromatic rings. The zero-order valence-corrected chi connectivity index (χ0v) is 12.6. The molecule has 0 saturated heterocycles. The molecule has 0 aliphatic heterocycles. The Morgan fingerprint density at radius 3 is 2.81 bits per heavy atom. The second-order valence-electron chi connectivity index (χ2n) is 4.98. The molecule has 3 nitrogen and oxygen atoms in total. The Morgan fingerprint density at radius 2 is 1.95 bits per heavy atom. The van der Waals surface area contributed by atoms with E-state index in [2.05, 4.69) is 58.6 Å². The zero-order valence-electron chi connectivity index (χ0n) is 11.8. The third-order valence-electron chi connectivity index (χ3n) is 3.59. The topological polar surface area (TPSA) is 37.8 Å². The summed E-state index contributed by atoms with van der Waals surface area (Å²) in [6.07, 6.45) is 2.41. The molecule has 0 unspecified atom stereocenters. The van der Waals surface area contributed by atoms with Crippen molar-refractivity contribution in [3.8, 4) is 0 Å². The van der Waals surface area contributed by atoms with Crippen LogP contribution in [0.25, 0.3) is 10.8 Å². The van der Waals surface area contributed by atoms with Gasteiger partial charge in [-0.2, -0.15) is 0 Å². The van der Waals surface area contributed by atoms with Gasteiger partial charge in [0.15, 0.2) is 0 Å². The highest BCUT2D eigenvalue weighted by molar-refractivity contribution is 6.29. The van der Waals surface area contributed by atoms with Crippen LogP contribution in [0.5, 0.6) is 0 Å². The van der Waals surface area contributed by atoms with Gasteiger partial charge in [0, 0.05) is 12.6 Å². The molecule has 1 N–H and O–H groups in total. The van der Waals surface area contributed by atoms with Gasteiger partial charge in [0.2, 0.25) is 0 Å². The lowest BCUT2D eigenvalue weighted by atomic mass is 9.97. The average Bonchev–Trinajstić information content (AvgIpc) is 2.50. The van der Waals surface area contributed by atoms with E-state index in [1.165, 1.54) is 28.2 Å². The molecule has 0 amide bonds. The molecule has 0 spiro atoms. The Kier molecular flexibility index (Phi) is 4.02. The summed E-state index contributed by atoms with van der Waals surface area (Å²) < 4.78 is 0. The lowest BCUT2D eigenvalue weighted by Gasteiger charge is -2.11. The molecule has 2 aromatic carbocycles. The molecule has 4 heteroatoms. The van der Waals surface area contributed by atoms with Gasteiger partial charge in [-0.1, -0.05) is 48.0 Å². The molecule has 3 rings (SSSR count). The summed E-state index contributed by atoms with van der Waals surface area (Å²) in [5, 5.41) is 6.34. The number of halogens is 1. The van der Waals surface area contributed by atoms with E-state index in [0.717, 1.165) is 18.8 Å². The summed E-state index contributed by atoms with van der Waals surface area (Å²) in [7, 11) is 0. The predicted molar refractivity (Wildman–Crippen MR) is 87.9 cm³/mol. The minimum absolute atomic E-state index is 0.453. The Morgan fingerprint density at radius 1 is 1.10 bits per heavy atom. The highest BCUT2D eigenvalue weighted by Gasteiger charge is 2.04. The maximum absolute atomic E-state index is 5.85.